The van der Waals surface area contributed by atoms with E-state index in [4.69, 9.17) is 8.22 Å². The quantitative estimate of drug-likeness (QED) is 0.572. The van der Waals surface area contributed by atoms with Crippen LogP contribution in [0.1, 0.15) is 8.22 Å². The highest BCUT2D eigenvalue weighted by Crippen LogP contribution is 2.33. The molecular formula is C16H11Br. The monoisotopic (exact) mass is 288 g/mol. The first-order valence-corrected chi connectivity index (χ1v) is 5.89. The van der Waals surface area contributed by atoms with Gasteiger partial charge in [0.05, 0.1) is 8.22 Å². The van der Waals surface area contributed by atoms with Crippen LogP contribution in [-0.4, -0.2) is 0 Å². The second-order valence-corrected chi connectivity index (χ2v) is 4.35. The molecule has 0 amide bonds. The van der Waals surface area contributed by atoms with E-state index in [2.05, 4.69) is 15.9 Å². The van der Waals surface area contributed by atoms with Gasteiger partial charge in [-0.1, -0.05) is 76.5 Å². The van der Waals surface area contributed by atoms with Gasteiger partial charge in [-0.25, -0.2) is 0 Å². The second-order valence-electron chi connectivity index (χ2n) is 3.56. The number of halogens is 1. The van der Waals surface area contributed by atoms with Crippen molar-refractivity contribution in [3.8, 4) is 11.1 Å². The highest BCUT2D eigenvalue weighted by atomic mass is 79.9. The zero-order chi connectivity index (χ0) is 16.9. The van der Waals surface area contributed by atoms with Gasteiger partial charge in [0.2, 0.25) is 0 Å². The molecule has 0 aromatic heterocycles. The fourth-order valence-electron chi connectivity index (χ4n) is 1.75. The summed E-state index contributed by atoms with van der Waals surface area (Å²) in [5.74, 6) is 0. The Hall–Kier alpha value is -1.60. The molecule has 0 bridgehead atoms. The summed E-state index contributed by atoms with van der Waals surface area (Å²) in [4.78, 5) is 0. The fraction of sp³-hybridized carbons (Fsp3) is 0. The molecule has 0 saturated heterocycles. The molecule has 0 aliphatic carbocycles. The molecular weight excluding hydrogens is 272 g/mol. The van der Waals surface area contributed by atoms with Crippen molar-refractivity contribution in [3.63, 3.8) is 0 Å². The van der Waals surface area contributed by atoms with E-state index in [9.17, 15) is 0 Å². The van der Waals surface area contributed by atoms with Crippen LogP contribution in [0.5, 0.6) is 0 Å². The normalized spacial score (nSPS) is 15.6. The third-order valence-electron chi connectivity index (χ3n) is 2.52. The zero-order valence-electron chi connectivity index (χ0n) is 14.8. The van der Waals surface area contributed by atoms with Crippen molar-refractivity contribution in [2.45, 2.75) is 0 Å². The predicted octanol–water partition coefficient (Wildman–Crippen LogP) is 5.27. The van der Waals surface area contributed by atoms with Gasteiger partial charge in [0.15, 0.2) is 0 Å². The number of benzene rings is 3. The molecule has 0 spiro atoms. The van der Waals surface area contributed by atoms with Gasteiger partial charge >= 0.3 is 0 Å². The van der Waals surface area contributed by atoms with E-state index < -0.39 is 0 Å². The molecule has 0 fully saturated rings. The molecule has 3 rings (SSSR count). The van der Waals surface area contributed by atoms with Crippen LogP contribution in [0.3, 0.4) is 0 Å². The van der Waals surface area contributed by atoms with Crippen LogP contribution in [0.4, 0.5) is 0 Å². The first-order chi connectivity index (χ1) is 10.9. The van der Waals surface area contributed by atoms with Crippen LogP contribution in [0.15, 0.2) is 71.1 Å². The molecule has 1 heteroatoms. The van der Waals surface area contributed by atoms with Gasteiger partial charge in [-0.15, -0.1) is 0 Å². The molecule has 0 radical (unpaired) electrons. The average molecular weight is 289 g/mol. The Bertz CT molecular complexity index is 929. The van der Waals surface area contributed by atoms with Gasteiger partial charge in [0, 0.05) is 9.86 Å². The molecule has 0 aliphatic rings. The van der Waals surface area contributed by atoms with Crippen molar-refractivity contribution in [2.75, 3.05) is 0 Å². The summed E-state index contributed by atoms with van der Waals surface area (Å²) in [5, 5.41) is 0.492. The molecule has 0 aliphatic heterocycles. The van der Waals surface area contributed by atoms with Crippen LogP contribution in [0, 0.1) is 0 Å². The van der Waals surface area contributed by atoms with Crippen molar-refractivity contribution < 1.29 is 8.22 Å². The maximum absolute atomic E-state index is 8.25. The minimum Gasteiger partial charge on any atom is -0.0622 e. The standard InChI is InChI=1S/C16H11Br/c17-15-11-5-9-13-8-4-10-14(16(13)15)12-6-2-1-3-7-12/h1-11H/i4D,5D,8D,9D,10D,11D. The third kappa shape index (κ3) is 1.87. The lowest BCUT2D eigenvalue weighted by molar-refractivity contribution is 1.64. The van der Waals surface area contributed by atoms with Crippen molar-refractivity contribution in [1.82, 2.24) is 0 Å². The van der Waals surface area contributed by atoms with E-state index in [1.807, 2.05) is 6.07 Å². The fourth-order valence-corrected chi connectivity index (χ4v) is 2.25. The zero-order valence-corrected chi connectivity index (χ0v) is 10.4. The smallest absolute Gasteiger partial charge is 0.0622 e. The number of rotatable bonds is 1. The Morgan fingerprint density at radius 3 is 2.35 bits per heavy atom. The molecule has 0 unspecified atom stereocenters. The van der Waals surface area contributed by atoms with Crippen LogP contribution in [-0.2, 0) is 0 Å². The third-order valence-corrected chi connectivity index (χ3v) is 3.11. The predicted molar refractivity (Wildman–Crippen MR) is 77.1 cm³/mol. The summed E-state index contributed by atoms with van der Waals surface area (Å²) in [6, 6.07) is 7.62. The lowest BCUT2D eigenvalue weighted by Gasteiger charge is -2.08. The summed E-state index contributed by atoms with van der Waals surface area (Å²) in [7, 11) is 0. The molecule has 3 aromatic rings. The van der Waals surface area contributed by atoms with E-state index in [1.54, 1.807) is 24.3 Å². The van der Waals surface area contributed by atoms with Crippen LogP contribution in [0.2, 0.25) is 0 Å². The SMILES string of the molecule is [2H]c1c([2H])c(Br)c2c(-c3ccccc3)c([2H])c([2H])c([2H])c2c1[2H]. The number of hydrogen-bond donors (Lipinski definition) is 0. The molecule has 0 N–H and O–H groups in total. The Balaban J connectivity index is 2.65. The molecule has 17 heavy (non-hydrogen) atoms. The Morgan fingerprint density at radius 1 is 0.882 bits per heavy atom. The molecule has 82 valence electrons. The Labute approximate surface area is 117 Å². The highest BCUT2D eigenvalue weighted by molar-refractivity contribution is 9.10. The van der Waals surface area contributed by atoms with Gasteiger partial charge in [-0.2, -0.15) is 0 Å². The number of hydrogen-bond acceptors (Lipinski definition) is 0. The van der Waals surface area contributed by atoms with Crippen molar-refractivity contribution in [3.05, 3.63) is 71.1 Å². The van der Waals surface area contributed by atoms with Crippen molar-refractivity contribution >= 4 is 26.7 Å². The summed E-state index contributed by atoms with van der Waals surface area (Å²) in [6.45, 7) is 0. The summed E-state index contributed by atoms with van der Waals surface area (Å²) >= 11 is 3.29. The topological polar surface area (TPSA) is 0 Å². The lowest BCUT2D eigenvalue weighted by Crippen LogP contribution is -1.82. The minimum atomic E-state index is -0.297. The van der Waals surface area contributed by atoms with Crippen molar-refractivity contribution in [1.29, 1.82) is 0 Å². The lowest BCUT2D eigenvalue weighted by atomic mass is 9.98. The van der Waals surface area contributed by atoms with Gasteiger partial charge in [0.25, 0.3) is 0 Å². The van der Waals surface area contributed by atoms with Gasteiger partial charge < -0.3 is 0 Å². The van der Waals surface area contributed by atoms with Crippen LogP contribution >= 0.6 is 15.9 Å². The van der Waals surface area contributed by atoms with E-state index in [0.717, 1.165) is 0 Å². The first-order valence-electron chi connectivity index (χ1n) is 8.10. The van der Waals surface area contributed by atoms with Crippen molar-refractivity contribution in [2.24, 2.45) is 0 Å². The molecule has 0 heterocycles. The molecule has 3 aromatic carbocycles. The summed E-state index contributed by atoms with van der Waals surface area (Å²) in [6.07, 6.45) is 0. The Kier molecular flexibility index (Phi) is 1.49. The number of fused-ring (bicyclic) bond motifs is 1. The summed E-state index contributed by atoms with van der Waals surface area (Å²) in [5.41, 5.74) is 1.07. The Morgan fingerprint density at radius 2 is 1.59 bits per heavy atom. The maximum Gasteiger partial charge on any atom is 0.0635 e. The van der Waals surface area contributed by atoms with E-state index in [0.29, 0.717) is 16.5 Å². The van der Waals surface area contributed by atoms with Crippen LogP contribution in [0.25, 0.3) is 21.9 Å². The van der Waals surface area contributed by atoms with Gasteiger partial charge in [-0.3, -0.25) is 0 Å². The molecule has 0 nitrogen and oxygen atoms in total. The van der Waals surface area contributed by atoms with E-state index >= 15 is 0 Å². The molecule has 0 atom stereocenters. The first kappa shape index (κ1) is 5.83. The summed E-state index contributed by atoms with van der Waals surface area (Å²) < 4.78 is 48.6. The van der Waals surface area contributed by atoms with E-state index in [-0.39, 0.29) is 46.1 Å². The highest BCUT2D eigenvalue weighted by Gasteiger charge is 2.05. The maximum atomic E-state index is 8.25. The van der Waals surface area contributed by atoms with Crippen LogP contribution < -0.4 is 0 Å². The van der Waals surface area contributed by atoms with Gasteiger partial charge in [0.1, 0.15) is 0 Å². The second kappa shape index (κ2) is 4.34. The average Bonchev–Trinajstić information content (AvgIpc) is 2.56. The van der Waals surface area contributed by atoms with Gasteiger partial charge in [-0.05, 0) is 22.6 Å². The largest absolute Gasteiger partial charge is 0.0635 e. The van der Waals surface area contributed by atoms with E-state index in [1.165, 1.54) is 0 Å². The minimum absolute atomic E-state index is 0.120. The molecule has 0 saturated carbocycles.